The van der Waals surface area contributed by atoms with Crippen LogP contribution in [0.25, 0.3) is 0 Å². The van der Waals surface area contributed by atoms with E-state index in [9.17, 15) is 4.79 Å². The van der Waals surface area contributed by atoms with Crippen LogP contribution in [0.2, 0.25) is 10.0 Å². The van der Waals surface area contributed by atoms with Gasteiger partial charge in [0.15, 0.2) is 0 Å². The molecule has 21 heavy (non-hydrogen) atoms. The number of hydrogen-bond acceptors (Lipinski definition) is 2. The van der Waals surface area contributed by atoms with Crippen molar-refractivity contribution in [3.05, 3.63) is 46.1 Å². The minimum atomic E-state index is -0.171. The van der Waals surface area contributed by atoms with Crippen molar-refractivity contribution < 1.29 is 4.79 Å². The number of nitrogens with one attached hydrogen (secondary N) is 1. The first-order valence-corrected chi connectivity index (χ1v) is 7.54. The molecule has 112 valence electrons. The summed E-state index contributed by atoms with van der Waals surface area (Å²) in [6, 6.07) is 7.19. The molecular formula is C15H17Cl2N3O. The number of amides is 1. The lowest BCUT2D eigenvalue weighted by atomic mass is 10.1. The topological polar surface area (TPSA) is 46.9 Å². The van der Waals surface area contributed by atoms with Crippen molar-refractivity contribution in [2.75, 3.05) is 5.32 Å². The molecule has 0 unspecified atom stereocenters. The fourth-order valence-corrected chi connectivity index (χ4v) is 2.52. The van der Waals surface area contributed by atoms with E-state index in [2.05, 4.69) is 17.3 Å². The lowest BCUT2D eigenvalue weighted by Gasteiger charge is -2.14. The molecule has 1 aromatic heterocycles. The second-order valence-corrected chi connectivity index (χ2v) is 5.66. The van der Waals surface area contributed by atoms with Crippen molar-refractivity contribution >= 4 is 34.9 Å². The summed E-state index contributed by atoms with van der Waals surface area (Å²) in [5.41, 5.74) is 0.632. The van der Waals surface area contributed by atoms with Crippen molar-refractivity contribution in [2.45, 2.75) is 32.7 Å². The van der Waals surface area contributed by atoms with Gasteiger partial charge in [-0.25, -0.2) is 4.68 Å². The Morgan fingerprint density at radius 1 is 1.33 bits per heavy atom. The lowest BCUT2D eigenvalue weighted by Crippen LogP contribution is -2.19. The summed E-state index contributed by atoms with van der Waals surface area (Å²) in [7, 11) is 0. The molecule has 2 aromatic rings. The van der Waals surface area contributed by atoms with Gasteiger partial charge < -0.3 is 5.32 Å². The first-order valence-electron chi connectivity index (χ1n) is 6.79. The molecule has 0 spiro atoms. The van der Waals surface area contributed by atoms with Crippen molar-refractivity contribution in [2.24, 2.45) is 0 Å². The highest BCUT2D eigenvalue weighted by Gasteiger charge is 2.14. The third-order valence-corrected chi connectivity index (χ3v) is 4.05. The number of carbonyl (C=O) groups is 1. The normalized spacial score (nSPS) is 12.2. The van der Waals surface area contributed by atoms with E-state index in [1.807, 2.05) is 6.92 Å². The maximum Gasteiger partial charge on any atom is 0.230 e. The maximum atomic E-state index is 12.2. The van der Waals surface area contributed by atoms with Crippen molar-refractivity contribution in [1.29, 1.82) is 0 Å². The summed E-state index contributed by atoms with van der Waals surface area (Å²) in [5, 5.41) is 8.07. The van der Waals surface area contributed by atoms with Gasteiger partial charge in [0.05, 0.1) is 18.7 Å². The minimum Gasteiger partial charge on any atom is -0.311 e. The highest BCUT2D eigenvalue weighted by Crippen LogP contribution is 2.25. The number of halogens is 2. The Hall–Kier alpha value is -1.52. The fourth-order valence-electron chi connectivity index (χ4n) is 1.99. The fraction of sp³-hybridized carbons (Fsp3) is 0.333. The number of rotatable bonds is 5. The number of nitrogens with zero attached hydrogens (tertiary/aromatic N) is 2. The molecule has 0 fully saturated rings. The van der Waals surface area contributed by atoms with Gasteiger partial charge in [-0.2, -0.15) is 5.10 Å². The molecule has 0 aliphatic carbocycles. The Morgan fingerprint density at radius 2 is 2.00 bits per heavy atom. The molecule has 0 bridgehead atoms. The van der Waals surface area contributed by atoms with E-state index < -0.39 is 0 Å². The van der Waals surface area contributed by atoms with Crippen LogP contribution in [0.1, 0.15) is 31.9 Å². The van der Waals surface area contributed by atoms with Gasteiger partial charge in [-0.15, -0.1) is 0 Å². The molecule has 0 aliphatic rings. The third-order valence-electron chi connectivity index (χ3n) is 3.35. The summed E-state index contributed by atoms with van der Waals surface area (Å²) in [6.07, 6.45) is 2.73. The van der Waals surface area contributed by atoms with E-state index >= 15 is 0 Å². The van der Waals surface area contributed by atoms with Gasteiger partial charge in [-0.3, -0.25) is 4.79 Å². The Kier molecular flexibility index (Phi) is 5.26. The zero-order valence-electron chi connectivity index (χ0n) is 11.9. The molecule has 1 atom stereocenters. The summed E-state index contributed by atoms with van der Waals surface area (Å²) >= 11 is 12.2. The quantitative estimate of drug-likeness (QED) is 0.888. The SMILES string of the molecule is CC[C@@H](C)n1nccc1NC(=O)Cc1c(Cl)cccc1Cl. The Labute approximate surface area is 134 Å². The van der Waals surface area contributed by atoms with Crippen molar-refractivity contribution in [1.82, 2.24) is 9.78 Å². The van der Waals surface area contributed by atoms with E-state index in [0.29, 0.717) is 21.4 Å². The molecule has 0 saturated heterocycles. The molecule has 1 aromatic carbocycles. The highest BCUT2D eigenvalue weighted by atomic mass is 35.5. The predicted molar refractivity (Wildman–Crippen MR) is 86.0 cm³/mol. The number of benzene rings is 1. The Morgan fingerprint density at radius 3 is 2.62 bits per heavy atom. The Bertz CT molecular complexity index is 619. The van der Waals surface area contributed by atoms with E-state index in [4.69, 9.17) is 23.2 Å². The second kappa shape index (κ2) is 6.96. The first-order chi connectivity index (χ1) is 10.0. The van der Waals surface area contributed by atoms with Crippen LogP contribution in [0, 0.1) is 0 Å². The summed E-state index contributed by atoms with van der Waals surface area (Å²) < 4.78 is 1.80. The summed E-state index contributed by atoms with van der Waals surface area (Å²) in [5.74, 6) is 0.507. The minimum absolute atomic E-state index is 0.129. The first kappa shape index (κ1) is 15.9. The van der Waals surface area contributed by atoms with Crippen LogP contribution in [0.3, 0.4) is 0 Å². The van der Waals surface area contributed by atoms with Gasteiger partial charge in [-0.05, 0) is 31.0 Å². The van der Waals surface area contributed by atoms with Gasteiger partial charge >= 0.3 is 0 Å². The molecule has 1 N–H and O–H groups in total. The van der Waals surface area contributed by atoms with Gasteiger partial charge in [0.25, 0.3) is 0 Å². The van der Waals surface area contributed by atoms with E-state index in [-0.39, 0.29) is 18.4 Å². The lowest BCUT2D eigenvalue weighted by molar-refractivity contribution is -0.115. The standard InChI is InChI=1S/C15H17Cl2N3O/c1-3-10(2)20-14(7-8-18-20)19-15(21)9-11-12(16)5-4-6-13(11)17/h4-8,10H,3,9H2,1-2H3,(H,19,21)/t10-/m1/s1. The zero-order valence-corrected chi connectivity index (χ0v) is 13.4. The van der Waals surface area contributed by atoms with Crippen LogP contribution in [0.5, 0.6) is 0 Å². The number of carbonyl (C=O) groups excluding carboxylic acids is 1. The monoisotopic (exact) mass is 325 g/mol. The number of hydrogen-bond donors (Lipinski definition) is 1. The van der Waals surface area contributed by atoms with Crippen molar-refractivity contribution in [3.63, 3.8) is 0 Å². The molecule has 1 amide bonds. The average molecular weight is 326 g/mol. The zero-order chi connectivity index (χ0) is 15.4. The maximum absolute atomic E-state index is 12.2. The number of anilines is 1. The highest BCUT2D eigenvalue weighted by molar-refractivity contribution is 6.36. The molecule has 1 heterocycles. The van der Waals surface area contributed by atoms with E-state index in [0.717, 1.165) is 6.42 Å². The molecule has 2 rings (SSSR count). The van der Waals surface area contributed by atoms with Crippen LogP contribution in [-0.4, -0.2) is 15.7 Å². The van der Waals surface area contributed by atoms with Crippen LogP contribution in [-0.2, 0) is 11.2 Å². The molecule has 0 radical (unpaired) electrons. The van der Waals surface area contributed by atoms with E-state index in [1.54, 1.807) is 35.1 Å². The molecular weight excluding hydrogens is 309 g/mol. The van der Waals surface area contributed by atoms with Crippen LogP contribution in [0.15, 0.2) is 30.5 Å². The molecule has 4 nitrogen and oxygen atoms in total. The summed E-state index contributed by atoms with van der Waals surface area (Å²) in [4.78, 5) is 12.2. The van der Waals surface area contributed by atoms with Gasteiger partial charge in [-0.1, -0.05) is 36.2 Å². The van der Waals surface area contributed by atoms with Crippen LogP contribution < -0.4 is 5.32 Å². The third kappa shape index (κ3) is 3.77. The summed E-state index contributed by atoms with van der Waals surface area (Å²) in [6.45, 7) is 4.12. The van der Waals surface area contributed by atoms with Gasteiger partial charge in [0, 0.05) is 16.1 Å². The van der Waals surface area contributed by atoms with Crippen molar-refractivity contribution in [3.8, 4) is 0 Å². The van der Waals surface area contributed by atoms with Crippen LogP contribution in [0.4, 0.5) is 5.82 Å². The smallest absolute Gasteiger partial charge is 0.230 e. The Balaban J connectivity index is 2.11. The predicted octanol–water partition coefficient (Wildman–Crippen LogP) is 4.34. The molecule has 0 saturated carbocycles. The molecule has 0 aliphatic heterocycles. The number of aromatic nitrogens is 2. The molecule has 6 heteroatoms. The largest absolute Gasteiger partial charge is 0.311 e. The second-order valence-electron chi connectivity index (χ2n) is 4.84. The van der Waals surface area contributed by atoms with Crippen LogP contribution >= 0.6 is 23.2 Å². The van der Waals surface area contributed by atoms with E-state index in [1.165, 1.54) is 0 Å². The average Bonchev–Trinajstić information content (AvgIpc) is 2.90. The van der Waals surface area contributed by atoms with Gasteiger partial charge in [0.2, 0.25) is 5.91 Å². The van der Waals surface area contributed by atoms with Gasteiger partial charge in [0.1, 0.15) is 5.82 Å².